The number of nitrogens with zero attached hydrogens (tertiary/aromatic N) is 3. The zero-order valence-corrected chi connectivity index (χ0v) is 11.4. The molecule has 20 heavy (non-hydrogen) atoms. The van der Waals surface area contributed by atoms with Crippen molar-refractivity contribution in [1.29, 1.82) is 0 Å². The van der Waals surface area contributed by atoms with Gasteiger partial charge in [0, 0.05) is 19.7 Å². The average Bonchev–Trinajstić information content (AvgIpc) is 2.97. The van der Waals surface area contributed by atoms with Gasteiger partial charge in [-0.25, -0.2) is 4.98 Å². The Hall–Kier alpha value is -2.57. The lowest BCUT2D eigenvalue weighted by atomic mass is 10.3. The summed E-state index contributed by atoms with van der Waals surface area (Å²) in [6, 6.07) is 6.66. The van der Waals surface area contributed by atoms with Crippen LogP contribution < -0.4 is 10.2 Å². The third-order valence-corrected chi connectivity index (χ3v) is 2.92. The maximum atomic E-state index is 11.1. The zero-order valence-electron chi connectivity index (χ0n) is 11.4. The van der Waals surface area contributed by atoms with Gasteiger partial charge in [-0.15, -0.1) is 0 Å². The van der Waals surface area contributed by atoms with E-state index in [9.17, 15) is 10.1 Å². The maximum absolute atomic E-state index is 11.1. The van der Waals surface area contributed by atoms with Crippen LogP contribution in [0.5, 0.6) is 0 Å². The Morgan fingerprint density at radius 3 is 2.80 bits per heavy atom. The van der Waals surface area contributed by atoms with Gasteiger partial charge in [0.2, 0.25) is 5.82 Å². The quantitative estimate of drug-likeness (QED) is 0.645. The second-order valence-electron chi connectivity index (χ2n) is 4.14. The van der Waals surface area contributed by atoms with Gasteiger partial charge in [0.15, 0.2) is 0 Å². The van der Waals surface area contributed by atoms with Crippen LogP contribution in [0.15, 0.2) is 34.9 Å². The number of hydrogen-bond donors (Lipinski definition) is 1. The maximum Gasteiger partial charge on any atom is 0.311 e. The van der Waals surface area contributed by atoms with E-state index in [0.29, 0.717) is 24.7 Å². The van der Waals surface area contributed by atoms with Gasteiger partial charge in [-0.2, -0.15) is 0 Å². The minimum Gasteiger partial charge on any atom is -0.467 e. The first-order valence-corrected chi connectivity index (χ1v) is 6.26. The summed E-state index contributed by atoms with van der Waals surface area (Å²) in [4.78, 5) is 16.8. The number of nitro groups is 1. The molecule has 7 nitrogen and oxygen atoms in total. The summed E-state index contributed by atoms with van der Waals surface area (Å²) < 4.78 is 5.29. The summed E-state index contributed by atoms with van der Waals surface area (Å²) in [6.45, 7) is 2.94. The first-order chi connectivity index (χ1) is 9.65. The fourth-order valence-electron chi connectivity index (χ4n) is 1.88. The molecule has 7 heteroatoms. The standard InChI is InChI=1S/C13H16N4O3/c1-3-16(9-10-5-4-8-20-10)13-11(17(18)19)6-7-12(14-2)15-13/h4-8H,3,9H2,1-2H3,(H,14,15). The van der Waals surface area contributed by atoms with Gasteiger partial charge in [0.05, 0.1) is 17.7 Å². The predicted octanol–water partition coefficient (Wildman–Crippen LogP) is 2.65. The lowest BCUT2D eigenvalue weighted by molar-refractivity contribution is -0.384. The van der Waals surface area contributed by atoms with Gasteiger partial charge >= 0.3 is 5.69 Å². The first-order valence-electron chi connectivity index (χ1n) is 6.26. The fraction of sp³-hybridized carbons (Fsp3) is 0.308. The van der Waals surface area contributed by atoms with Crippen LogP contribution >= 0.6 is 0 Å². The highest BCUT2D eigenvalue weighted by Crippen LogP contribution is 2.28. The molecule has 0 saturated heterocycles. The molecule has 0 saturated carbocycles. The molecule has 2 rings (SSSR count). The number of rotatable bonds is 6. The highest BCUT2D eigenvalue weighted by Gasteiger charge is 2.21. The van der Waals surface area contributed by atoms with Crippen LogP contribution in [0.4, 0.5) is 17.3 Å². The number of pyridine rings is 1. The topological polar surface area (TPSA) is 84.4 Å². The lowest BCUT2D eigenvalue weighted by Gasteiger charge is -2.20. The number of anilines is 2. The van der Waals surface area contributed by atoms with Gasteiger partial charge in [0.25, 0.3) is 0 Å². The second-order valence-corrected chi connectivity index (χ2v) is 4.14. The van der Waals surface area contributed by atoms with E-state index in [-0.39, 0.29) is 5.69 Å². The highest BCUT2D eigenvalue weighted by molar-refractivity contribution is 5.61. The van der Waals surface area contributed by atoms with Gasteiger partial charge in [-0.05, 0) is 25.1 Å². The van der Waals surface area contributed by atoms with E-state index < -0.39 is 4.92 Å². The predicted molar refractivity (Wildman–Crippen MR) is 75.9 cm³/mol. The van der Waals surface area contributed by atoms with E-state index in [1.165, 1.54) is 6.07 Å². The molecule has 0 aliphatic heterocycles. The molecule has 2 aromatic heterocycles. The number of nitrogens with one attached hydrogen (secondary N) is 1. The van der Waals surface area contributed by atoms with Crippen LogP contribution in [0, 0.1) is 10.1 Å². The van der Waals surface area contributed by atoms with Crippen molar-refractivity contribution in [3.8, 4) is 0 Å². The third-order valence-electron chi connectivity index (χ3n) is 2.92. The van der Waals surface area contributed by atoms with Crippen LogP contribution in [0.25, 0.3) is 0 Å². The Bertz CT molecular complexity index is 583. The van der Waals surface area contributed by atoms with Crippen LogP contribution in [0.1, 0.15) is 12.7 Å². The summed E-state index contributed by atoms with van der Waals surface area (Å²) >= 11 is 0. The molecule has 106 valence electrons. The molecular weight excluding hydrogens is 260 g/mol. The van der Waals surface area contributed by atoms with Crippen molar-refractivity contribution < 1.29 is 9.34 Å². The Morgan fingerprint density at radius 1 is 1.45 bits per heavy atom. The van der Waals surface area contributed by atoms with Crippen molar-refractivity contribution >= 4 is 17.3 Å². The minimum atomic E-state index is -0.424. The van der Waals surface area contributed by atoms with E-state index in [4.69, 9.17) is 4.42 Å². The lowest BCUT2D eigenvalue weighted by Crippen LogP contribution is -2.24. The molecule has 0 unspecified atom stereocenters. The van der Waals surface area contributed by atoms with Crippen molar-refractivity contribution in [1.82, 2.24) is 4.98 Å². The molecule has 0 aliphatic rings. The van der Waals surface area contributed by atoms with Crippen molar-refractivity contribution in [2.45, 2.75) is 13.5 Å². The number of hydrogen-bond acceptors (Lipinski definition) is 6. The summed E-state index contributed by atoms with van der Waals surface area (Å²) in [7, 11) is 1.72. The van der Waals surface area contributed by atoms with Gasteiger partial charge < -0.3 is 14.6 Å². The summed E-state index contributed by atoms with van der Waals surface area (Å²) in [6.07, 6.45) is 1.58. The van der Waals surface area contributed by atoms with E-state index >= 15 is 0 Å². The smallest absolute Gasteiger partial charge is 0.311 e. The highest BCUT2D eigenvalue weighted by atomic mass is 16.6. The van der Waals surface area contributed by atoms with Gasteiger partial charge in [0.1, 0.15) is 11.6 Å². The molecule has 0 spiro atoms. The number of furan rings is 1. The van der Waals surface area contributed by atoms with E-state index in [2.05, 4.69) is 10.3 Å². The molecule has 0 atom stereocenters. The van der Waals surface area contributed by atoms with Crippen molar-refractivity contribution in [3.63, 3.8) is 0 Å². The molecule has 0 aromatic carbocycles. The average molecular weight is 276 g/mol. The van der Waals surface area contributed by atoms with Crippen molar-refractivity contribution in [2.24, 2.45) is 0 Å². The summed E-state index contributed by atoms with van der Waals surface area (Å²) in [5.74, 6) is 1.65. The SMILES string of the molecule is CCN(Cc1ccco1)c1nc(NC)ccc1[N+](=O)[O-]. The molecule has 0 aliphatic carbocycles. The molecular formula is C13H16N4O3. The second kappa shape index (κ2) is 6.05. The van der Waals surface area contributed by atoms with Crippen LogP contribution in [-0.4, -0.2) is 23.5 Å². The first kappa shape index (κ1) is 13.9. The van der Waals surface area contributed by atoms with Crippen LogP contribution in [0.3, 0.4) is 0 Å². The Morgan fingerprint density at radius 2 is 2.25 bits per heavy atom. The van der Waals surface area contributed by atoms with Crippen molar-refractivity contribution in [2.75, 3.05) is 23.8 Å². The monoisotopic (exact) mass is 276 g/mol. The molecule has 1 N–H and O–H groups in total. The Labute approximate surface area is 116 Å². The molecule has 0 fully saturated rings. The van der Waals surface area contributed by atoms with Crippen molar-refractivity contribution in [3.05, 3.63) is 46.4 Å². The van der Waals surface area contributed by atoms with E-state index in [0.717, 1.165) is 5.76 Å². The van der Waals surface area contributed by atoms with E-state index in [1.807, 2.05) is 13.0 Å². The molecule has 2 aromatic rings. The normalized spacial score (nSPS) is 10.3. The summed E-state index contributed by atoms with van der Waals surface area (Å²) in [5.41, 5.74) is -0.0163. The zero-order chi connectivity index (χ0) is 14.5. The Kier molecular flexibility index (Phi) is 4.19. The summed E-state index contributed by atoms with van der Waals surface area (Å²) in [5, 5.41) is 14.0. The minimum absolute atomic E-state index is 0.0163. The molecule has 2 heterocycles. The van der Waals surface area contributed by atoms with Crippen LogP contribution in [-0.2, 0) is 6.54 Å². The number of aromatic nitrogens is 1. The van der Waals surface area contributed by atoms with Crippen LogP contribution in [0.2, 0.25) is 0 Å². The fourth-order valence-corrected chi connectivity index (χ4v) is 1.88. The molecule has 0 amide bonds. The van der Waals surface area contributed by atoms with Gasteiger partial charge in [-0.3, -0.25) is 10.1 Å². The van der Waals surface area contributed by atoms with E-state index in [1.54, 1.807) is 30.3 Å². The molecule has 0 bridgehead atoms. The van der Waals surface area contributed by atoms with Gasteiger partial charge in [-0.1, -0.05) is 0 Å². The largest absolute Gasteiger partial charge is 0.467 e. The Balaban J connectivity index is 2.38. The molecule has 0 radical (unpaired) electrons. The third kappa shape index (κ3) is 2.87.